The van der Waals surface area contributed by atoms with Crippen LogP contribution in [0.25, 0.3) is 0 Å². The van der Waals surface area contributed by atoms with Crippen LogP contribution in [0.2, 0.25) is 5.15 Å². The van der Waals surface area contributed by atoms with E-state index in [1.165, 1.54) is 0 Å². The highest BCUT2D eigenvalue weighted by atomic mass is 35.5. The Kier molecular flexibility index (Phi) is 3.88. The van der Waals surface area contributed by atoms with E-state index in [1.807, 2.05) is 26.2 Å². The first-order valence-electron chi connectivity index (χ1n) is 4.00. The van der Waals surface area contributed by atoms with Crippen molar-refractivity contribution in [1.82, 2.24) is 4.98 Å². The van der Waals surface area contributed by atoms with Gasteiger partial charge in [0.25, 0.3) is 0 Å². The molecule has 4 heteroatoms. The van der Waals surface area contributed by atoms with E-state index in [1.54, 1.807) is 18.0 Å². The smallest absolute Gasteiger partial charge is 0.172 e. The largest absolute Gasteiger partial charge is 0.487 e. The lowest BCUT2D eigenvalue weighted by Crippen LogP contribution is -2.07. The molecule has 0 bridgehead atoms. The minimum atomic E-state index is 0.118. The molecule has 0 aliphatic heterocycles. The van der Waals surface area contributed by atoms with Gasteiger partial charge in [0.05, 0.1) is 11.0 Å². The predicted octanol–water partition coefficient (Wildman–Crippen LogP) is 3.24. The van der Waals surface area contributed by atoms with E-state index in [0.29, 0.717) is 10.9 Å². The van der Waals surface area contributed by atoms with Crippen LogP contribution in [0.1, 0.15) is 13.8 Å². The molecular weight excluding hydrogens is 206 g/mol. The summed E-state index contributed by atoms with van der Waals surface area (Å²) in [6, 6.07) is 1.90. The molecular formula is C9H12ClNOS. The molecule has 0 spiro atoms. The van der Waals surface area contributed by atoms with Gasteiger partial charge in [0, 0.05) is 6.20 Å². The van der Waals surface area contributed by atoms with Crippen LogP contribution in [0.3, 0.4) is 0 Å². The molecule has 0 radical (unpaired) electrons. The molecule has 0 atom stereocenters. The van der Waals surface area contributed by atoms with Crippen molar-refractivity contribution in [2.24, 2.45) is 0 Å². The fourth-order valence-electron chi connectivity index (χ4n) is 0.910. The molecule has 0 saturated heterocycles. The highest BCUT2D eigenvalue weighted by molar-refractivity contribution is 7.98. The lowest BCUT2D eigenvalue weighted by molar-refractivity contribution is 0.236. The average molecular weight is 218 g/mol. The summed E-state index contributed by atoms with van der Waals surface area (Å²) < 4.78 is 5.55. The van der Waals surface area contributed by atoms with E-state index in [4.69, 9.17) is 16.3 Å². The van der Waals surface area contributed by atoms with Crippen LogP contribution in [-0.2, 0) is 0 Å². The lowest BCUT2D eigenvalue weighted by atomic mass is 10.4. The van der Waals surface area contributed by atoms with E-state index >= 15 is 0 Å². The molecule has 1 aromatic heterocycles. The molecule has 0 fully saturated rings. The normalized spacial score (nSPS) is 10.5. The van der Waals surface area contributed by atoms with Gasteiger partial charge in [-0.1, -0.05) is 11.6 Å². The number of aromatic nitrogens is 1. The van der Waals surface area contributed by atoms with Gasteiger partial charge >= 0.3 is 0 Å². The van der Waals surface area contributed by atoms with E-state index in [2.05, 4.69) is 4.98 Å². The quantitative estimate of drug-likeness (QED) is 0.573. The zero-order valence-corrected chi connectivity index (χ0v) is 9.45. The zero-order valence-electron chi connectivity index (χ0n) is 7.87. The Morgan fingerprint density at radius 3 is 2.77 bits per heavy atom. The maximum atomic E-state index is 5.90. The number of nitrogens with zero attached hydrogens (tertiary/aromatic N) is 1. The third-order valence-electron chi connectivity index (χ3n) is 1.40. The Bertz CT molecular complexity index is 291. The summed E-state index contributed by atoms with van der Waals surface area (Å²) in [7, 11) is 0. The third kappa shape index (κ3) is 2.78. The predicted molar refractivity (Wildman–Crippen MR) is 56.8 cm³/mol. The fourth-order valence-corrected chi connectivity index (χ4v) is 1.70. The number of halogens is 1. The van der Waals surface area contributed by atoms with E-state index in [9.17, 15) is 0 Å². The van der Waals surface area contributed by atoms with Crippen molar-refractivity contribution in [3.63, 3.8) is 0 Å². The minimum absolute atomic E-state index is 0.118. The van der Waals surface area contributed by atoms with Gasteiger partial charge in [-0.25, -0.2) is 4.98 Å². The van der Waals surface area contributed by atoms with Crippen molar-refractivity contribution in [2.75, 3.05) is 6.26 Å². The molecule has 72 valence electrons. The van der Waals surface area contributed by atoms with Crippen molar-refractivity contribution in [1.29, 1.82) is 0 Å². The second-order valence-electron chi connectivity index (χ2n) is 2.80. The van der Waals surface area contributed by atoms with Gasteiger partial charge in [-0.15, -0.1) is 11.8 Å². The molecule has 0 amide bonds. The number of ether oxygens (including phenoxy) is 1. The molecule has 0 N–H and O–H groups in total. The highest BCUT2D eigenvalue weighted by Gasteiger charge is 2.09. The van der Waals surface area contributed by atoms with E-state index in [0.717, 1.165) is 4.90 Å². The van der Waals surface area contributed by atoms with Gasteiger partial charge in [-0.05, 0) is 26.2 Å². The molecule has 1 aromatic rings. The number of thioether (sulfide) groups is 1. The van der Waals surface area contributed by atoms with Gasteiger partial charge < -0.3 is 4.74 Å². The first kappa shape index (κ1) is 10.7. The summed E-state index contributed by atoms with van der Waals surface area (Å²) >= 11 is 7.50. The summed E-state index contributed by atoms with van der Waals surface area (Å²) in [6.07, 6.45) is 3.79. The van der Waals surface area contributed by atoms with Crippen LogP contribution >= 0.6 is 23.4 Å². The van der Waals surface area contributed by atoms with Crippen LogP contribution < -0.4 is 4.74 Å². The van der Waals surface area contributed by atoms with Crippen LogP contribution in [0.4, 0.5) is 0 Å². The van der Waals surface area contributed by atoms with E-state index < -0.39 is 0 Å². The van der Waals surface area contributed by atoms with Gasteiger partial charge in [-0.3, -0.25) is 0 Å². The average Bonchev–Trinajstić information content (AvgIpc) is 2.08. The zero-order chi connectivity index (χ0) is 9.84. The molecule has 0 aromatic carbocycles. The fraction of sp³-hybridized carbons (Fsp3) is 0.444. The second-order valence-corrected chi connectivity index (χ2v) is 4.01. The van der Waals surface area contributed by atoms with Crippen LogP contribution in [0.5, 0.6) is 5.75 Å². The third-order valence-corrected chi connectivity index (χ3v) is 2.43. The Labute approximate surface area is 87.7 Å². The van der Waals surface area contributed by atoms with Gasteiger partial charge in [-0.2, -0.15) is 0 Å². The monoisotopic (exact) mass is 217 g/mol. The first-order chi connectivity index (χ1) is 6.15. The van der Waals surface area contributed by atoms with Crippen molar-refractivity contribution < 1.29 is 4.74 Å². The summed E-state index contributed by atoms with van der Waals surface area (Å²) in [5, 5.41) is 0.431. The van der Waals surface area contributed by atoms with Crippen LogP contribution in [0.15, 0.2) is 17.2 Å². The lowest BCUT2D eigenvalue weighted by Gasteiger charge is -2.13. The summed E-state index contributed by atoms with van der Waals surface area (Å²) in [6.45, 7) is 3.93. The Morgan fingerprint density at radius 2 is 2.23 bits per heavy atom. The minimum Gasteiger partial charge on any atom is -0.487 e. The molecule has 13 heavy (non-hydrogen) atoms. The number of rotatable bonds is 3. The Morgan fingerprint density at radius 1 is 1.54 bits per heavy atom. The van der Waals surface area contributed by atoms with Crippen LogP contribution in [0, 0.1) is 0 Å². The van der Waals surface area contributed by atoms with Crippen LogP contribution in [-0.4, -0.2) is 17.3 Å². The topological polar surface area (TPSA) is 22.1 Å². The Hall–Kier alpha value is -0.410. The molecule has 0 aliphatic carbocycles. The molecule has 0 unspecified atom stereocenters. The molecule has 0 aliphatic rings. The van der Waals surface area contributed by atoms with Gasteiger partial charge in [0.1, 0.15) is 0 Å². The van der Waals surface area contributed by atoms with Crippen molar-refractivity contribution >= 4 is 23.4 Å². The number of hydrogen-bond donors (Lipinski definition) is 0. The Balaban J connectivity index is 3.00. The van der Waals surface area contributed by atoms with E-state index in [-0.39, 0.29) is 6.10 Å². The first-order valence-corrected chi connectivity index (χ1v) is 5.60. The molecule has 2 nitrogen and oxygen atoms in total. The second kappa shape index (κ2) is 4.72. The molecule has 1 heterocycles. The highest BCUT2D eigenvalue weighted by Crippen LogP contribution is 2.33. The summed E-state index contributed by atoms with van der Waals surface area (Å²) in [5.74, 6) is 0.687. The summed E-state index contributed by atoms with van der Waals surface area (Å²) in [4.78, 5) is 4.99. The number of hydrogen-bond acceptors (Lipinski definition) is 3. The maximum absolute atomic E-state index is 5.90. The molecule has 0 saturated carbocycles. The van der Waals surface area contributed by atoms with Crippen molar-refractivity contribution in [3.05, 3.63) is 17.4 Å². The van der Waals surface area contributed by atoms with Gasteiger partial charge in [0.2, 0.25) is 0 Å². The maximum Gasteiger partial charge on any atom is 0.172 e. The SMILES string of the molecule is CSc1ccnc(Cl)c1OC(C)C. The van der Waals surface area contributed by atoms with Crippen molar-refractivity contribution in [3.8, 4) is 5.75 Å². The van der Waals surface area contributed by atoms with Gasteiger partial charge in [0.15, 0.2) is 10.9 Å². The standard InChI is InChI=1S/C9H12ClNOS/c1-6(2)12-8-7(13-3)4-5-11-9(8)10/h4-6H,1-3H3. The number of pyridine rings is 1. The van der Waals surface area contributed by atoms with Crippen molar-refractivity contribution in [2.45, 2.75) is 24.8 Å². The summed E-state index contributed by atoms with van der Waals surface area (Å²) in [5.41, 5.74) is 0. The molecule has 1 rings (SSSR count).